The Morgan fingerprint density at radius 3 is 2.58 bits per heavy atom. The molecule has 1 atom stereocenters. The minimum atomic E-state index is -4.41. The van der Waals surface area contributed by atoms with Crippen molar-refractivity contribution < 1.29 is 31.5 Å². The molecule has 0 radical (unpaired) electrons. The number of carbonyl (C=O) groups is 1. The van der Waals surface area contributed by atoms with Gasteiger partial charge in [-0.15, -0.1) is 0 Å². The van der Waals surface area contributed by atoms with Gasteiger partial charge in [0.25, 0.3) is 0 Å². The third-order valence-electron chi connectivity index (χ3n) is 2.70. The van der Waals surface area contributed by atoms with E-state index in [0.717, 1.165) is 4.31 Å². The smallest absolute Gasteiger partial charge is 0.389 e. The number of aliphatic carboxylic acids is 1. The number of rotatable bonds is 5. The molecule has 0 aliphatic carbocycles. The standard InChI is InChI=1S/C9H15F3N2O4S/c10-9(11,12)2-1-5-19(17,18)14-4-3-13-6-7(14)8(15)16/h7,13H,1-6H2,(H,15,16). The van der Waals surface area contributed by atoms with Crippen molar-refractivity contribution in [1.82, 2.24) is 9.62 Å². The van der Waals surface area contributed by atoms with Gasteiger partial charge < -0.3 is 10.4 Å². The van der Waals surface area contributed by atoms with Gasteiger partial charge in [-0.2, -0.15) is 17.5 Å². The number of hydrogen-bond donors (Lipinski definition) is 2. The quantitative estimate of drug-likeness (QED) is 0.747. The normalized spacial score (nSPS) is 22.4. The Bertz CT molecular complexity index is 424. The van der Waals surface area contributed by atoms with Crippen molar-refractivity contribution >= 4 is 16.0 Å². The molecule has 0 amide bonds. The average molecular weight is 304 g/mol. The topological polar surface area (TPSA) is 86.7 Å². The van der Waals surface area contributed by atoms with E-state index in [1.807, 2.05) is 0 Å². The van der Waals surface area contributed by atoms with E-state index >= 15 is 0 Å². The summed E-state index contributed by atoms with van der Waals surface area (Å²) in [7, 11) is -3.99. The predicted molar refractivity (Wildman–Crippen MR) is 60.1 cm³/mol. The minimum Gasteiger partial charge on any atom is -0.480 e. The van der Waals surface area contributed by atoms with E-state index in [4.69, 9.17) is 5.11 Å². The SMILES string of the molecule is O=C(O)C1CNCCN1S(=O)(=O)CCCC(F)(F)F. The summed E-state index contributed by atoms with van der Waals surface area (Å²) in [5.41, 5.74) is 0. The zero-order chi connectivity index (χ0) is 14.7. The lowest BCUT2D eigenvalue weighted by Gasteiger charge is -2.32. The van der Waals surface area contributed by atoms with Gasteiger partial charge in [0.2, 0.25) is 10.0 Å². The second kappa shape index (κ2) is 6.06. The van der Waals surface area contributed by atoms with Crippen molar-refractivity contribution in [1.29, 1.82) is 0 Å². The average Bonchev–Trinajstić information content (AvgIpc) is 2.27. The minimum absolute atomic E-state index is 0.0478. The fourth-order valence-corrected chi connectivity index (χ4v) is 3.47. The molecule has 0 aromatic heterocycles. The molecule has 1 heterocycles. The van der Waals surface area contributed by atoms with Crippen LogP contribution in [-0.2, 0) is 14.8 Å². The third kappa shape index (κ3) is 4.96. The first kappa shape index (κ1) is 16.2. The van der Waals surface area contributed by atoms with E-state index in [2.05, 4.69) is 5.32 Å². The number of carboxylic acids is 1. The van der Waals surface area contributed by atoms with Crippen LogP contribution >= 0.6 is 0 Å². The van der Waals surface area contributed by atoms with Crippen LogP contribution in [0.5, 0.6) is 0 Å². The molecule has 1 saturated heterocycles. The Hall–Kier alpha value is -0.870. The van der Waals surface area contributed by atoms with Crippen LogP contribution in [0.3, 0.4) is 0 Å². The van der Waals surface area contributed by atoms with Crippen LogP contribution in [0.25, 0.3) is 0 Å². The van der Waals surface area contributed by atoms with Gasteiger partial charge in [-0.05, 0) is 6.42 Å². The summed E-state index contributed by atoms with van der Waals surface area (Å²) in [4.78, 5) is 10.9. The van der Waals surface area contributed by atoms with E-state index < -0.39 is 46.8 Å². The van der Waals surface area contributed by atoms with Gasteiger partial charge in [0, 0.05) is 26.1 Å². The molecule has 1 aliphatic rings. The summed E-state index contributed by atoms with van der Waals surface area (Å²) < 4.78 is 60.4. The number of hydrogen-bond acceptors (Lipinski definition) is 4. The highest BCUT2D eigenvalue weighted by molar-refractivity contribution is 7.89. The zero-order valence-corrected chi connectivity index (χ0v) is 10.8. The Balaban J connectivity index is 2.66. The van der Waals surface area contributed by atoms with E-state index in [-0.39, 0.29) is 19.6 Å². The number of nitrogens with zero attached hydrogens (tertiary/aromatic N) is 1. The van der Waals surface area contributed by atoms with Crippen molar-refractivity contribution in [2.45, 2.75) is 25.1 Å². The molecule has 1 unspecified atom stereocenters. The largest absolute Gasteiger partial charge is 0.480 e. The van der Waals surface area contributed by atoms with E-state index in [1.54, 1.807) is 0 Å². The van der Waals surface area contributed by atoms with Crippen molar-refractivity contribution in [2.24, 2.45) is 0 Å². The second-order valence-corrected chi connectivity index (χ2v) is 6.24. The molecule has 10 heteroatoms. The molecule has 19 heavy (non-hydrogen) atoms. The summed E-state index contributed by atoms with van der Waals surface area (Å²) in [6, 6.07) is -1.26. The first-order valence-electron chi connectivity index (χ1n) is 5.63. The second-order valence-electron chi connectivity index (χ2n) is 4.20. The number of carboxylic acid groups (broad SMARTS) is 1. The zero-order valence-electron chi connectivity index (χ0n) is 9.98. The highest BCUT2D eigenvalue weighted by Crippen LogP contribution is 2.22. The highest BCUT2D eigenvalue weighted by Gasteiger charge is 2.37. The van der Waals surface area contributed by atoms with E-state index in [0.29, 0.717) is 0 Å². The first-order valence-corrected chi connectivity index (χ1v) is 7.24. The van der Waals surface area contributed by atoms with Gasteiger partial charge in [-0.1, -0.05) is 0 Å². The molecule has 112 valence electrons. The molecule has 0 saturated carbocycles. The van der Waals surface area contributed by atoms with Crippen molar-refractivity contribution in [2.75, 3.05) is 25.4 Å². The van der Waals surface area contributed by atoms with Gasteiger partial charge >= 0.3 is 12.1 Å². The molecule has 0 spiro atoms. The van der Waals surface area contributed by atoms with Crippen LogP contribution in [0.1, 0.15) is 12.8 Å². The number of piperazine rings is 1. The molecular weight excluding hydrogens is 289 g/mol. The lowest BCUT2D eigenvalue weighted by molar-refractivity contribution is -0.142. The van der Waals surface area contributed by atoms with Gasteiger partial charge in [0.15, 0.2) is 0 Å². The highest BCUT2D eigenvalue weighted by atomic mass is 32.2. The Kier molecular flexibility index (Phi) is 5.16. The third-order valence-corrected chi connectivity index (χ3v) is 4.66. The maximum absolute atomic E-state index is 12.0. The van der Waals surface area contributed by atoms with E-state index in [9.17, 15) is 26.4 Å². The maximum Gasteiger partial charge on any atom is 0.389 e. The molecule has 2 N–H and O–H groups in total. The van der Waals surface area contributed by atoms with E-state index in [1.165, 1.54) is 0 Å². The summed E-state index contributed by atoms with van der Waals surface area (Å²) in [6.45, 7) is 0.182. The predicted octanol–water partition coefficient (Wildman–Crippen LogP) is 0.0171. The fourth-order valence-electron chi connectivity index (χ4n) is 1.80. The fraction of sp³-hybridized carbons (Fsp3) is 0.889. The van der Waals surface area contributed by atoms with Crippen LogP contribution in [0, 0.1) is 0 Å². The Morgan fingerprint density at radius 2 is 2.05 bits per heavy atom. The van der Waals surface area contributed by atoms with Crippen molar-refractivity contribution in [3.63, 3.8) is 0 Å². The lowest BCUT2D eigenvalue weighted by atomic mass is 10.2. The van der Waals surface area contributed by atoms with Gasteiger partial charge in [-0.25, -0.2) is 8.42 Å². The summed E-state index contributed by atoms with van der Waals surface area (Å²) in [5.74, 6) is -2.01. The molecular formula is C9H15F3N2O4S. The van der Waals surface area contributed by atoms with Crippen molar-refractivity contribution in [3.05, 3.63) is 0 Å². The van der Waals surface area contributed by atoms with Crippen LogP contribution in [-0.4, -0.2) is 61.4 Å². The number of halogens is 3. The number of nitrogens with one attached hydrogen (secondary N) is 1. The molecule has 0 aromatic carbocycles. The van der Waals surface area contributed by atoms with Crippen LogP contribution in [0.2, 0.25) is 0 Å². The lowest BCUT2D eigenvalue weighted by Crippen LogP contribution is -2.57. The number of alkyl halides is 3. The molecule has 1 rings (SSSR count). The van der Waals surface area contributed by atoms with Crippen LogP contribution in [0.4, 0.5) is 13.2 Å². The Morgan fingerprint density at radius 1 is 1.42 bits per heavy atom. The maximum atomic E-state index is 12.0. The van der Waals surface area contributed by atoms with Gasteiger partial charge in [-0.3, -0.25) is 4.79 Å². The summed E-state index contributed by atoms with van der Waals surface area (Å²) in [5, 5.41) is 11.6. The first-order chi connectivity index (χ1) is 8.63. The monoisotopic (exact) mass is 304 g/mol. The molecule has 0 bridgehead atoms. The molecule has 1 fully saturated rings. The molecule has 0 aromatic rings. The van der Waals surface area contributed by atoms with Gasteiger partial charge in [0.1, 0.15) is 6.04 Å². The molecule has 6 nitrogen and oxygen atoms in total. The Labute approximate surface area is 108 Å². The summed E-state index contributed by atoms with van der Waals surface area (Å²) in [6.07, 6.45) is -6.18. The van der Waals surface area contributed by atoms with Crippen LogP contribution in [0.15, 0.2) is 0 Å². The molecule has 1 aliphatic heterocycles. The van der Waals surface area contributed by atoms with Gasteiger partial charge in [0.05, 0.1) is 5.75 Å². The number of sulfonamides is 1. The van der Waals surface area contributed by atoms with Crippen molar-refractivity contribution in [3.8, 4) is 0 Å². The van der Waals surface area contributed by atoms with Crippen LogP contribution < -0.4 is 5.32 Å². The summed E-state index contributed by atoms with van der Waals surface area (Å²) >= 11 is 0.